The third-order valence-corrected chi connectivity index (χ3v) is 4.06. The van der Waals surface area contributed by atoms with Crippen molar-refractivity contribution in [1.29, 1.82) is 0 Å². The molecule has 0 saturated carbocycles. The fourth-order valence-corrected chi connectivity index (χ4v) is 3.02. The number of aliphatic hydroxyl groups is 1. The molecule has 122 valence electrons. The molecule has 0 fully saturated rings. The third-order valence-electron chi connectivity index (χ3n) is 4.06. The molecule has 2 aromatic carbocycles. The minimum absolute atomic E-state index is 0. The normalized spacial score (nSPS) is 15.4. The predicted octanol–water partition coefficient (Wildman–Crippen LogP) is 3.74. The molecule has 0 saturated heterocycles. The Kier molecular flexibility index (Phi) is 5.47. The van der Waals surface area contributed by atoms with Crippen molar-refractivity contribution in [3.05, 3.63) is 64.2 Å². The van der Waals surface area contributed by atoms with Crippen LogP contribution in [0.3, 0.4) is 0 Å². The zero-order valence-corrected chi connectivity index (χ0v) is 14.4. The first-order valence-corrected chi connectivity index (χ1v) is 7.41. The van der Waals surface area contributed by atoms with Crippen LogP contribution in [0.25, 0.3) is 12.2 Å². The van der Waals surface area contributed by atoms with Gasteiger partial charge in [-0.3, -0.25) is 0 Å². The van der Waals surface area contributed by atoms with E-state index in [1.54, 1.807) is 7.11 Å². The highest BCUT2D eigenvalue weighted by molar-refractivity contribution is 5.85. The Bertz CT molecular complexity index is 725. The molecule has 4 heteroatoms. The van der Waals surface area contributed by atoms with E-state index in [1.807, 2.05) is 50.5 Å². The van der Waals surface area contributed by atoms with Crippen LogP contribution in [0.1, 0.15) is 33.9 Å². The first-order chi connectivity index (χ1) is 10.6. The van der Waals surface area contributed by atoms with Gasteiger partial charge in [0.2, 0.25) is 0 Å². The molecule has 0 spiro atoms. The van der Waals surface area contributed by atoms with E-state index in [4.69, 9.17) is 4.74 Å². The number of hydrogen-bond donors (Lipinski definition) is 1. The highest BCUT2D eigenvalue weighted by Crippen LogP contribution is 2.37. The molecule has 0 aromatic heterocycles. The van der Waals surface area contributed by atoms with Gasteiger partial charge in [-0.15, -0.1) is 12.4 Å². The average molecular weight is 332 g/mol. The van der Waals surface area contributed by atoms with Crippen LogP contribution in [0.15, 0.2) is 36.4 Å². The molecule has 0 bridgehead atoms. The van der Waals surface area contributed by atoms with Crippen LogP contribution in [-0.4, -0.2) is 31.2 Å². The number of nitrogens with zero attached hydrogens (tertiary/aromatic N) is 1. The van der Waals surface area contributed by atoms with Crippen LogP contribution in [0.5, 0.6) is 5.75 Å². The molecule has 1 aliphatic carbocycles. The molecule has 1 atom stereocenters. The summed E-state index contributed by atoms with van der Waals surface area (Å²) in [5, 5.41) is 10.8. The molecule has 0 aliphatic heterocycles. The summed E-state index contributed by atoms with van der Waals surface area (Å²) in [5.74, 6) is 0.857. The molecule has 1 N–H and O–H groups in total. The second-order valence-corrected chi connectivity index (χ2v) is 5.85. The Morgan fingerprint density at radius 2 is 1.78 bits per heavy atom. The Labute approximate surface area is 143 Å². The number of halogens is 1. The van der Waals surface area contributed by atoms with E-state index >= 15 is 0 Å². The van der Waals surface area contributed by atoms with Crippen molar-refractivity contribution in [2.75, 3.05) is 21.2 Å². The van der Waals surface area contributed by atoms with Crippen molar-refractivity contribution >= 4 is 24.6 Å². The van der Waals surface area contributed by atoms with Gasteiger partial charge in [-0.2, -0.15) is 0 Å². The van der Waals surface area contributed by atoms with Crippen LogP contribution in [0.2, 0.25) is 0 Å². The van der Waals surface area contributed by atoms with Gasteiger partial charge in [0, 0.05) is 12.1 Å². The highest BCUT2D eigenvalue weighted by Gasteiger charge is 2.22. The summed E-state index contributed by atoms with van der Waals surface area (Å²) in [6, 6.07) is 11.9. The van der Waals surface area contributed by atoms with Gasteiger partial charge >= 0.3 is 0 Å². The molecule has 3 nitrogen and oxygen atoms in total. The minimum Gasteiger partial charge on any atom is -0.496 e. The Balaban J connectivity index is 0.00000192. The standard InChI is InChI=1S/C19H21NO2.ClH/c1-20(2)12-17-15-9-8-13-6-4-5-7-14(13)19(21)16(15)10-11-18(17)22-3;/h4-11,19,21H,12H2,1-3H3;1H. The molecule has 2 aromatic rings. The molecule has 1 aliphatic rings. The number of hydrogen-bond acceptors (Lipinski definition) is 3. The minimum atomic E-state index is -0.618. The Morgan fingerprint density at radius 3 is 2.48 bits per heavy atom. The van der Waals surface area contributed by atoms with Crippen LogP contribution in [0, 0.1) is 0 Å². The fourth-order valence-electron chi connectivity index (χ4n) is 3.02. The third kappa shape index (κ3) is 3.27. The zero-order valence-electron chi connectivity index (χ0n) is 13.6. The number of fused-ring (bicyclic) bond motifs is 2. The maximum atomic E-state index is 10.8. The zero-order chi connectivity index (χ0) is 15.7. The number of ether oxygens (including phenoxy) is 1. The molecule has 0 amide bonds. The summed E-state index contributed by atoms with van der Waals surface area (Å²) in [7, 11) is 5.75. The molecule has 0 radical (unpaired) electrons. The lowest BCUT2D eigenvalue weighted by molar-refractivity contribution is 0.219. The van der Waals surface area contributed by atoms with Crippen LogP contribution >= 0.6 is 12.4 Å². The highest BCUT2D eigenvalue weighted by atomic mass is 35.5. The average Bonchev–Trinajstić information content (AvgIpc) is 2.65. The smallest absolute Gasteiger partial charge is 0.123 e. The second kappa shape index (κ2) is 7.18. The van der Waals surface area contributed by atoms with E-state index in [9.17, 15) is 5.11 Å². The fraction of sp³-hybridized carbons (Fsp3) is 0.263. The van der Waals surface area contributed by atoms with Crippen molar-refractivity contribution < 1.29 is 9.84 Å². The number of benzene rings is 2. The quantitative estimate of drug-likeness (QED) is 0.930. The van der Waals surface area contributed by atoms with E-state index in [-0.39, 0.29) is 12.4 Å². The molecule has 23 heavy (non-hydrogen) atoms. The van der Waals surface area contributed by atoms with E-state index in [2.05, 4.69) is 17.1 Å². The topological polar surface area (TPSA) is 32.7 Å². The molecule has 3 rings (SSSR count). The predicted molar refractivity (Wildman–Crippen MR) is 97.1 cm³/mol. The molecule has 0 heterocycles. The van der Waals surface area contributed by atoms with Crippen LogP contribution in [-0.2, 0) is 6.54 Å². The molecular weight excluding hydrogens is 310 g/mol. The van der Waals surface area contributed by atoms with Gasteiger partial charge in [0.1, 0.15) is 11.9 Å². The van der Waals surface area contributed by atoms with Crippen molar-refractivity contribution in [3.63, 3.8) is 0 Å². The van der Waals surface area contributed by atoms with E-state index < -0.39 is 6.10 Å². The maximum Gasteiger partial charge on any atom is 0.123 e. The summed E-state index contributed by atoms with van der Waals surface area (Å²) in [4.78, 5) is 2.11. The number of rotatable bonds is 3. The SMILES string of the molecule is COc1ccc2c(c1CN(C)C)C=Cc1ccccc1C2O.Cl. The summed E-state index contributed by atoms with van der Waals surface area (Å²) >= 11 is 0. The van der Waals surface area contributed by atoms with Gasteiger partial charge in [-0.1, -0.05) is 42.5 Å². The lowest BCUT2D eigenvalue weighted by atomic mass is 9.93. The van der Waals surface area contributed by atoms with Crippen molar-refractivity contribution in [3.8, 4) is 5.75 Å². The summed E-state index contributed by atoms with van der Waals surface area (Å²) < 4.78 is 5.52. The number of methoxy groups -OCH3 is 1. The van der Waals surface area contributed by atoms with Gasteiger partial charge < -0.3 is 14.7 Å². The first kappa shape index (κ1) is 17.5. The van der Waals surface area contributed by atoms with E-state index in [0.29, 0.717) is 0 Å². The lowest BCUT2D eigenvalue weighted by Crippen LogP contribution is -2.14. The first-order valence-electron chi connectivity index (χ1n) is 7.41. The van der Waals surface area contributed by atoms with Gasteiger partial charge in [-0.05, 0) is 42.4 Å². The summed E-state index contributed by atoms with van der Waals surface area (Å²) in [5.41, 5.74) is 5.09. The van der Waals surface area contributed by atoms with E-state index in [1.165, 1.54) is 0 Å². The van der Waals surface area contributed by atoms with E-state index in [0.717, 1.165) is 40.1 Å². The van der Waals surface area contributed by atoms with Gasteiger partial charge in [0.05, 0.1) is 7.11 Å². The van der Waals surface area contributed by atoms with Crippen LogP contribution < -0.4 is 4.74 Å². The monoisotopic (exact) mass is 331 g/mol. The van der Waals surface area contributed by atoms with Gasteiger partial charge in [0.15, 0.2) is 0 Å². The second-order valence-electron chi connectivity index (χ2n) is 5.85. The number of aliphatic hydroxyl groups excluding tert-OH is 1. The van der Waals surface area contributed by atoms with Gasteiger partial charge in [0.25, 0.3) is 0 Å². The lowest BCUT2D eigenvalue weighted by Gasteiger charge is -2.21. The summed E-state index contributed by atoms with van der Waals surface area (Å²) in [6.45, 7) is 0.764. The maximum absolute atomic E-state index is 10.8. The molecular formula is C19H22ClNO2. The summed E-state index contributed by atoms with van der Waals surface area (Å²) in [6.07, 6.45) is 3.54. The molecule has 1 unspecified atom stereocenters. The van der Waals surface area contributed by atoms with Crippen molar-refractivity contribution in [2.45, 2.75) is 12.6 Å². The van der Waals surface area contributed by atoms with Gasteiger partial charge in [-0.25, -0.2) is 0 Å². The van der Waals surface area contributed by atoms with Crippen molar-refractivity contribution in [1.82, 2.24) is 4.90 Å². The van der Waals surface area contributed by atoms with Crippen molar-refractivity contribution in [2.24, 2.45) is 0 Å². The Hall–Kier alpha value is -1.81. The van der Waals surface area contributed by atoms with Crippen LogP contribution in [0.4, 0.5) is 0 Å². The Morgan fingerprint density at radius 1 is 1.04 bits per heavy atom. The largest absolute Gasteiger partial charge is 0.496 e.